The van der Waals surface area contributed by atoms with E-state index in [4.69, 9.17) is 4.98 Å². The van der Waals surface area contributed by atoms with E-state index >= 15 is 0 Å². The Morgan fingerprint density at radius 2 is 2.00 bits per heavy atom. The zero-order chi connectivity index (χ0) is 19.3. The Hall–Kier alpha value is -3.48. The molecule has 0 spiro atoms. The van der Waals surface area contributed by atoms with Gasteiger partial charge in [0.25, 0.3) is 11.5 Å². The molecule has 28 heavy (non-hydrogen) atoms. The van der Waals surface area contributed by atoms with Gasteiger partial charge in [0.2, 0.25) is 0 Å². The molecule has 7 heteroatoms. The number of hydrogen-bond donors (Lipinski definition) is 1. The third-order valence-electron chi connectivity index (χ3n) is 5.51. The number of aromatic amines is 1. The standard InChI is InChI=1S/C21H19N5O2/c1-25-19(24-16-8-3-2-6-14(16)20(25)27)17-9-5-11-26(17)21(28)15-12-23-18-13(15)7-4-10-22-18/h2-4,6-8,10,12,17H,5,9,11H2,1H3,(H,22,23). The van der Waals surface area contributed by atoms with E-state index in [2.05, 4.69) is 9.97 Å². The molecule has 4 aromatic rings. The minimum absolute atomic E-state index is 0.0656. The van der Waals surface area contributed by atoms with Crippen molar-refractivity contribution in [3.8, 4) is 0 Å². The summed E-state index contributed by atoms with van der Waals surface area (Å²) in [6, 6.07) is 10.8. The smallest absolute Gasteiger partial charge is 0.261 e. The molecule has 0 saturated carbocycles. The largest absolute Gasteiger partial charge is 0.345 e. The fraction of sp³-hybridized carbons (Fsp3) is 0.238. The molecule has 1 aliphatic rings. The lowest BCUT2D eigenvalue weighted by molar-refractivity contribution is 0.0729. The van der Waals surface area contributed by atoms with E-state index in [-0.39, 0.29) is 17.5 Å². The Kier molecular flexibility index (Phi) is 3.75. The third kappa shape index (κ3) is 2.43. The van der Waals surface area contributed by atoms with Crippen LogP contribution in [0.1, 0.15) is 35.1 Å². The van der Waals surface area contributed by atoms with Crippen molar-refractivity contribution in [1.29, 1.82) is 0 Å². The van der Waals surface area contributed by atoms with Gasteiger partial charge in [0.05, 0.1) is 22.5 Å². The first kappa shape index (κ1) is 16.7. The molecule has 1 amide bonds. The van der Waals surface area contributed by atoms with E-state index in [0.717, 1.165) is 18.2 Å². The summed E-state index contributed by atoms with van der Waals surface area (Å²) < 4.78 is 1.58. The normalized spacial score (nSPS) is 16.9. The number of benzene rings is 1. The van der Waals surface area contributed by atoms with Crippen LogP contribution in [-0.2, 0) is 7.05 Å². The van der Waals surface area contributed by atoms with Gasteiger partial charge in [-0.3, -0.25) is 14.2 Å². The second-order valence-electron chi connectivity index (χ2n) is 7.11. The predicted octanol–water partition coefficient (Wildman–Crippen LogP) is 2.79. The predicted molar refractivity (Wildman–Crippen MR) is 106 cm³/mol. The topological polar surface area (TPSA) is 83.9 Å². The van der Waals surface area contributed by atoms with Crippen LogP contribution in [-0.4, -0.2) is 36.9 Å². The van der Waals surface area contributed by atoms with Crippen LogP contribution in [0.4, 0.5) is 0 Å². The van der Waals surface area contributed by atoms with Crippen LogP contribution in [0.15, 0.2) is 53.6 Å². The fourth-order valence-corrected chi connectivity index (χ4v) is 4.10. The molecule has 1 aliphatic heterocycles. The number of likely N-dealkylation sites (tertiary alicyclic amines) is 1. The second-order valence-corrected chi connectivity index (χ2v) is 7.11. The van der Waals surface area contributed by atoms with Crippen LogP contribution in [0, 0.1) is 0 Å². The molecule has 4 heterocycles. The molecule has 0 aliphatic carbocycles. The fourth-order valence-electron chi connectivity index (χ4n) is 4.10. The van der Waals surface area contributed by atoms with Gasteiger partial charge in [-0.15, -0.1) is 0 Å². The number of nitrogens with zero attached hydrogens (tertiary/aromatic N) is 4. The molecule has 1 aromatic carbocycles. The number of para-hydroxylation sites is 1. The molecule has 5 rings (SSSR count). The van der Waals surface area contributed by atoms with Gasteiger partial charge < -0.3 is 9.88 Å². The number of carbonyl (C=O) groups excluding carboxylic acids is 1. The van der Waals surface area contributed by atoms with Crippen molar-refractivity contribution < 1.29 is 4.79 Å². The summed E-state index contributed by atoms with van der Waals surface area (Å²) in [7, 11) is 1.73. The van der Waals surface area contributed by atoms with Crippen LogP contribution < -0.4 is 5.56 Å². The van der Waals surface area contributed by atoms with Crippen LogP contribution in [0.5, 0.6) is 0 Å². The number of carbonyl (C=O) groups is 1. The molecular weight excluding hydrogens is 354 g/mol. The quantitative estimate of drug-likeness (QED) is 0.586. The lowest BCUT2D eigenvalue weighted by Gasteiger charge is -2.25. The zero-order valence-corrected chi connectivity index (χ0v) is 15.4. The summed E-state index contributed by atoms with van der Waals surface area (Å²) >= 11 is 0. The highest BCUT2D eigenvalue weighted by Crippen LogP contribution is 2.33. The van der Waals surface area contributed by atoms with Gasteiger partial charge in [0.15, 0.2) is 0 Å². The van der Waals surface area contributed by atoms with Gasteiger partial charge in [-0.1, -0.05) is 12.1 Å². The Balaban J connectivity index is 1.59. The summed E-state index contributed by atoms with van der Waals surface area (Å²) in [6.45, 7) is 0.638. The second kappa shape index (κ2) is 6.30. The van der Waals surface area contributed by atoms with Crippen LogP contribution in [0.2, 0.25) is 0 Å². The highest BCUT2D eigenvalue weighted by molar-refractivity contribution is 6.06. The van der Waals surface area contributed by atoms with Crippen LogP contribution in [0.25, 0.3) is 21.9 Å². The van der Waals surface area contributed by atoms with E-state index < -0.39 is 0 Å². The summed E-state index contributed by atoms with van der Waals surface area (Å²) in [6.07, 6.45) is 5.06. The van der Waals surface area contributed by atoms with Crippen molar-refractivity contribution in [2.75, 3.05) is 6.54 Å². The minimum Gasteiger partial charge on any atom is -0.345 e. The highest BCUT2D eigenvalue weighted by atomic mass is 16.2. The van der Waals surface area contributed by atoms with Crippen molar-refractivity contribution in [2.24, 2.45) is 7.05 Å². The molecule has 1 unspecified atom stereocenters. The average Bonchev–Trinajstić information content (AvgIpc) is 3.37. The highest BCUT2D eigenvalue weighted by Gasteiger charge is 2.34. The van der Waals surface area contributed by atoms with Gasteiger partial charge in [-0.05, 0) is 37.1 Å². The molecule has 1 atom stereocenters. The number of fused-ring (bicyclic) bond motifs is 2. The summed E-state index contributed by atoms with van der Waals surface area (Å²) in [5.41, 5.74) is 1.87. The van der Waals surface area contributed by atoms with Crippen molar-refractivity contribution in [3.63, 3.8) is 0 Å². The number of H-pyrrole nitrogens is 1. The lowest BCUT2D eigenvalue weighted by atomic mass is 10.1. The van der Waals surface area contributed by atoms with E-state index in [0.29, 0.717) is 34.5 Å². The van der Waals surface area contributed by atoms with Crippen LogP contribution >= 0.6 is 0 Å². The number of amides is 1. The zero-order valence-electron chi connectivity index (χ0n) is 15.4. The number of pyridine rings is 1. The summed E-state index contributed by atoms with van der Waals surface area (Å²) in [4.78, 5) is 40.0. The molecular formula is C21H19N5O2. The van der Waals surface area contributed by atoms with E-state index in [9.17, 15) is 9.59 Å². The number of hydrogen-bond acceptors (Lipinski definition) is 4. The third-order valence-corrected chi connectivity index (χ3v) is 5.51. The Bertz CT molecular complexity index is 1270. The number of rotatable bonds is 2. The first-order valence-corrected chi connectivity index (χ1v) is 9.34. The molecule has 140 valence electrons. The monoisotopic (exact) mass is 373 g/mol. The molecule has 3 aromatic heterocycles. The van der Waals surface area contributed by atoms with Crippen molar-refractivity contribution in [1.82, 2.24) is 24.4 Å². The first-order chi connectivity index (χ1) is 13.6. The molecule has 7 nitrogen and oxygen atoms in total. The Morgan fingerprint density at radius 3 is 2.89 bits per heavy atom. The van der Waals surface area contributed by atoms with Gasteiger partial charge >= 0.3 is 0 Å². The molecule has 1 saturated heterocycles. The van der Waals surface area contributed by atoms with E-state index in [1.54, 1.807) is 30.1 Å². The lowest BCUT2D eigenvalue weighted by Crippen LogP contribution is -2.34. The summed E-state index contributed by atoms with van der Waals surface area (Å²) in [5, 5.41) is 1.39. The Labute approximate surface area is 160 Å². The van der Waals surface area contributed by atoms with Crippen LogP contribution in [0.3, 0.4) is 0 Å². The molecule has 1 fully saturated rings. The van der Waals surface area contributed by atoms with E-state index in [1.807, 2.05) is 35.2 Å². The minimum atomic E-state index is -0.226. The molecule has 0 radical (unpaired) electrons. The van der Waals surface area contributed by atoms with Crippen molar-refractivity contribution in [3.05, 3.63) is 70.5 Å². The van der Waals surface area contributed by atoms with E-state index in [1.165, 1.54) is 0 Å². The van der Waals surface area contributed by atoms with Gasteiger partial charge in [0, 0.05) is 31.4 Å². The molecule has 0 bridgehead atoms. The SMILES string of the molecule is Cn1c(C2CCCN2C(=O)c2c[nH]c3ncccc23)nc2ccccc2c1=O. The number of nitrogens with one attached hydrogen (secondary N) is 1. The Morgan fingerprint density at radius 1 is 1.18 bits per heavy atom. The summed E-state index contributed by atoms with van der Waals surface area (Å²) in [5.74, 6) is 0.566. The maximum absolute atomic E-state index is 13.3. The van der Waals surface area contributed by atoms with Crippen molar-refractivity contribution in [2.45, 2.75) is 18.9 Å². The molecule has 1 N–H and O–H groups in total. The average molecular weight is 373 g/mol. The first-order valence-electron chi connectivity index (χ1n) is 9.34. The maximum atomic E-state index is 13.3. The van der Waals surface area contributed by atoms with Gasteiger partial charge in [0.1, 0.15) is 11.5 Å². The van der Waals surface area contributed by atoms with Gasteiger partial charge in [-0.2, -0.15) is 0 Å². The number of aromatic nitrogens is 4. The van der Waals surface area contributed by atoms with Gasteiger partial charge in [-0.25, -0.2) is 9.97 Å². The van der Waals surface area contributed by atoms with Crippen molar-refractivity contribution >= 4 is 27.8 Å². The maximum Gasteiger partial charge on any atom is 0.261 e.